The molecule has 2 rings (SSSR count). The summed E-state index contributed by atoms with van der Waals surface area (Å²) in [6.07, 6.45) is 0. The first-order chi connectivity index (χ1) is 10.1. The van der Waals surface area contributed by atoms with E-state index < -0.39 is 0 Å². The van der Waals surface area contributed by atoms with Gasteiger partial charge in [-0.3, -0.25) is 4.79 Å². The van der Waals surface area contributed by atoms with Gasteiger partial charge in [0.25, 0.3) is 0 Å². The number of halogens is 2. The van der Waals surface area contributed by atoms with Crippen molar-refractivity contribution in [3.8, 4) is 11.5 Å². The van der Waals surface area contributed by atoms with Crippen molar-refractivity contribution < 1.29 is 34.6 Å². The van der Waals surface area contributed by atoms with Gasteiger partial charge in [-0.1, -0.05) is 29.3 Å². The molecule has 0 aliphatic heterocycles. The SMILES string of the molecule is COc1ccc(PC(=O)c2c(Cl)cccc2Cl)c(OC)c1.[H-].[Li+]. The first-order valence-electron chi connectivity index (χ1n) is 6.04. The van der Waals surface area contributed by atoms with Gasteiger partial charge in [0.2, 0.25) is 0 Å². The van der Waals surface area contributed by atoms with Crippen LogP contribution in [0.2, 0.25) is 10.0 Å². The summed E-state index contributed by atoms with van der Waals surface area (Å²) < 4.78 is 10.4. The number of carbonyl (C=O) groups is 1. The molecule has 22 heavy (non-hydrogen) atoms. The van der Waals surface area contributed by atoms with Crippen molar-refractivity contribution in [2.45, 2.75) is 0 Å². The van der Waals surface area contributed by atoms with Crippen molar-refractivity contribution in [2.24, 2.45) is 0 Å². The molecule has 0 saturated heterocycles. The Hall–Kier alpha value is -0.683. The smallest absolute Gasteiger partial charge is 1.00 e. The maximum Gasteiger partial charge on any atom is 1.00 e. The molecule has 0 fully saturated rings. The van der Waals surface area contributed by atoms with Gasteiger partial charge in [0.1, 0.15) is 11.5 Å². The summed E-state index contributed by atoms with van der Waals surface area (Å²) >= 11 is 12.1. The zero-order chi connectivity index (χ0) is 15.4. The van der Waals surface area contributed by atoms with E-state index in [1.807, 2.05) is 0 Å². The maximum absolute atomic E-state index is 12.4. The third kappa shape index (κ3) is 4.41. The predicted octanol–water partition coefficient (Wildman–Crippen LogP) is 1.27. The molecular weight excluding hydrogens is 337 g/mol. The van der Waals surface area contributed by atoms with Gasteiger partial charge in [0, 0.05) is 11.4 Å². The van der Waals surface area contributed by atoms with Crippen LogP contribution in [-0.4, -0.2) is 19.7 Å². The van der Waals surface area contributed by atoms with Crippen molar-refractivity contribution in [1.82, 2.24) is 0 Å². The van der Waals surface area contributed by atoms with E-state index in [1.54, 1.807) is 50.6 Å². The van der Waals surface area contributed by atoms with Gasteiger partial charge in [-0.25, -0.2) is 0 Å². The summed E-state index contributed by atoms with van der Waals surface area (Å²) in [4.78, 5) is 12.4. The monoisotopic (exact) mass is 350 g/mol. The van der Waals surface area contributed by atoms with E-state index >= 15 is 0 Å². The van der Waals surface area contributed by atoms with E-state index in [4.69, 9.17) is 32.7 Å². The van der Waals surface area contributed by atoms with Gasteiger partial charge >= 0.3 is 18.9 Å². The average molecular weight is 351 g/mol. The van der Waals surface area contributed by atoms with Crippen LogP contribution in [0.25, 0.3) is 0 Å². The van der Waals surface area contributed by atoms with Crippen LogP contribution in [0.5, 0.6) is 11.5 Å². The average Bonchev–Trinajstić information content (AvgIpc) is 2.47. The van der Waals surface area contributed by atoms with Crippen LogP contribution in [0.3, 0.4) is 0 Å². The minimum Gasteiger partial charge on any atom is -1.00 e. The maximum atomic E-state index is 12.4. The summed E-state index contributed by atoms with van der Waals surface area (Å²) in [5, 5.41) is 1.49. The zero-order valence-corrected chi connectivity index (χ0v) is 15.0. The second kappa shape index (κ2) is 8.82. The minimum atomic E-state index is -0.136. The van der Waals surface area contributed by atoms with Crippen molar-refractivity contribution in [1.29, 1.82) is 0 Å². The number of ether oxygens (including phenoxy) is 2. The summed E-state index contributed by atoms with van der Waals surface area (Å²) in [6, 6.07) is 10.3. The molecule has 2 aromatic carbocycles. The van der Waals surface area contributed by atoms with Crippen molar-refractivity contribution in [3.63, 3.8) is 0 Å². The number of hydrogen-bond acceptors (Lipinski definition) is 3. The number of rotatable bonds is 5. The van der Waals surface area contributed by atoms with E-state index in [9.17, 15) is 4.79 Å². The van der Waals surface area contributed by atoms with Crippen LogP contribution >= 0.6 is 31.8 Å². The molecule has 0 bridgehead atoms. The molecule has 0 heterocycles. The van der Waals surface area contributed by atoms with E-state index in [0.29, 0.717) is 27.1 Å². The normalized spacial score (nSPS) is 10.4. The Labute approximate surface area is 154 Å². The van der Waals surface area contributed by atoms with Gasteiger partial charge < -0.3 is 10.9 Å². The summed E-state index contributed by atoms with van der Waals surface area (Å²) in [6.45, 7) is 0. The van der Waals surface area contributed by atoms with Crippen LogP contribution in [0.4, 0.5) is 0 Å². The number of methoxy groups -OCH3 is 2. The zero-order valence-electron chi connectivity index (χ0n) is 13.4. The molecule has 0 aliphatic rings. The molecule has 0 spiro atoms. The van der Waals surface area contributed by atoms with E-state index in [-0.39, 0.29) is 34.4 Å². The third-order valence-corrected chi connectivity index (χ3v) is 4.64. The Morgan fingerprint density at radius 1 is 1.09 bits per heavy atom. The number of benzene rings is 2. The topological polar surface area (TPSA) is 35.5 Å². The fourth-order valence-corrected chi connectivity index (χ4v) is 3.63. The Kier molecular flexibility index (Phi) is 7.76. The standard InChI is InChI=1S/C15H13Cl2O3P.Li.H/c1-19-9-6-7-13(12(8-9)20-2)21-15(18)14-10(16)4-3-5-11(14)17;;/h3-8,21H,1-2H3;;/q;+1;-1. The number of carbonyl (C=O) groups excluding carboxylic acids is 1. The Morgan fingerprint density at radius 2 is 1.73 bits per heavy atom. The molecule has 0 aliphatic carbocycles. The van der Waals surface area contributed by atoms with Gasteiger partial charge in [-0.15, -0.1) is 0 Å². The minimum absolute atomic E-state index is 0. The van der Waals surface area contributed by atoms with Crippen molar-refractivity contribution in [3.05, 3.63) is 52.0 Å². The third-order valence-electron chi connectivity index (χ3n) is 2.85. The molecule has 0 radical (unpaired) electrons. The molecule has 0 saturated carbocycles. The van der Waals surface area contributed by atoms with Crippen molar-refractivity contribution >= 4 is 42.6 Å². The largest absolute Gasteiger partial charge is 1.00 e. The Morgan fingerprint density at radius 3 is 2.27 bits per heavy atom. The van der Waals surface area contributed by atoms with Crippen LogP contribution in [0.1, 0.15) is 11.8 Å². The summed E-state index contributed by atoms with van der Waals surface area (Å²) in [5.74, 6) is 1.27. The molecule has 0 amide bonds. The van der Waals surface area contributed by atoms with Gasteiger partial charge in [0.15, 0.2) is 5.52 Å². The molecule has 112 valence electrons. The van der Waals surface area contributed by atoms with E-state index in [1.165, 1.54) is 0 Å². The van der Waals surface area contributed by atoms with E-state index in [0.717, 1.165) is 5.30 Å². The molecule has 7 heteroatoms. The summed E-state index contributed by atoms with van der Waals surface area (Å²) in [7, 11) is 2.99. The quantitative estimate of drug-likeness (QED) is 0.601. The fourth-order valence-electron chi connectivity index (χ4n) is 1.80. The molecule has 1 atom stereocenters. The molecule has 0 aromatic heterocycles. The van der Waals surface area contributed by atoms with Crippen LogP contribution in [0.15, 0.2) is 36.4 Å². The predicted molar refractivity (Wildman–Crippen MR) is 89.4 cm³/mol. The van der Waals surface area contributed by atoms with Crippen LogP contribution < -0.4 is 33.6 Å². The van der Waals surface area contributed by atoms with E-state index in [2.05, 4.69) is 0 Å². The molecule has 3 nitrogen and oxygen atoms in total. The van der Waals surface area contributed by atoms with Gasteiger partial charge in [-0.05, 0) is 32.8 Å². The Bertz CT molecular complexity index is 666. The second-order valence-corrected chi connectivity index (χ2v) is 6.17. The molecule has 2 aromatic rings. The van der Waals surface area contributed by atoms with Gasteiger partial charge in [-0.2, -0.15) is 0 Å². The molecule has 1 unspecified atom stereocenters. The second-order valence-electron chi connectivity index (χ2n) is 4.12. The van der Waals surface area contributed by atoms with Crippen molar-refractivity contribution in [2.75, 3.05) is 14.2 Å². The molecular formula is C15H14Cl2LiO3P. The van der Waals surface area contributed by atoms with Gasteiger partial charge in [0.05, 0.1) is 29.8 Å². The summed E-state index contributed by atoms with van der Waals surface area (Å²) in [5.41, 5.74) is 0.214. The van der Waals surface area contributed by atoms with Crippen LogP contribution in [-0.2, 0) is 0 Å². The van der Waals surface area contributed by atoms with Crippen LogP contribution in [0, 0.1) is 0 Å². The Balaban J connectivity index is 0.00000242. The first-order valence-corrected chi connectivity index (χ1v) is 7.79. The first kappa shape index (κ1) is 19.4. The molecule has 0 N–H and O–H groups in total. The fraction of sp³-hybridized carbons (Fsp3) is 0.133. The number of hydrogen-bond donors (Lipinski definition) is 0.